The van der Waals surface area contributed by atoms with Gasteiger partial charge in [0.25, 0.3) is 5.91 Å². The fourth-order valence-electron chi connectivity index (χ4n) is 2.58. The molecule has 4 nitrogen and oxygen atoms in total. The number of carbonyl (C=O) groups excluding carboxylic acids is 2. The first-order chi connectivity index (χ1) is 14.2. The Bertz CT molecular complexity index is 840. The summed E-state index contributed by atoms with van der Waals surface area (Å²) in [6.45, 7) is 4.25. The van der Waals surface area contributed by atoms with Crippen molar-refractivity contribution >= 4 is 49.7 Å². The van der Waals surface area contributed by atoms with Crippen molar-refractivity contribution in [2.45, 2.75) is 31.6 Å². The Labute approximate surface area is 189 Å². The van der Waals surface area contributed by atoms with Gasteiger partial charge in [0.2, 0.25) is 5.91 Å². The quantitative estimate of drug-likeness (QED) is 0.455. The maximum absolute atomic E-state index is 13.6. The molecule has 0 aromatic heterocycles. The second-order valence-electron chi connectivity index (χ2n) is 6.58. The van der Waals surface area contributed by atoms with Crippen LogP contribution in [0.5, 0.6) is 0 Å². The third-order valence-electron chi connectivity index (χ3n) is 4.29. The minimum absolute atomic E-state index is 0.0333. The van der Waals surface area contributed by atoms with Gasteiger partial charge in [-0.05, 0) is 54.7 Å². The monoisotopic (exact) mass is 471 g/mol. The molecular weight excluding hydrogens is 444 g/mol. The Kier molecular flexibility index (Phi) is 12.2. The van der Waals surface area contributed by atoms with Gasteiger partial charge in [0, 0.05) is 12.0 Å². The van der Waals surface area contributed by atoms with Crippen LogP contribution in [-0.2, 0) is 9.53 Å². The molecule has 0 saturated carbocycles. The number of imide groups is 1. The maximum atomic E-state index is 13.6. The molecule has 0 fully saturated rings. The van der Waals surface area contributed by atoms with Gasteiger partial charge in [0.05, 0.1) is 23.1 Å². The zero-order valence-electron chi connectivity index (χ0n) is 17.6. The second-order valence-corrected chi connectivity index (χ2v) is 8.49. The molecule has 0 bridgehead atoms. The lowest BCUT2D eigenvalue weighted by molar-refractivity contribution is -0.125. The van der Waals surface area contributed by atoms with Gasteiger partial charge < -0.3 is 4.74 Å². The summed E-state index contributed by atoms with van der Waals surface area (Å²) >= 11 is 7.55. The number of methoxy groups -OCH3 is 1. The summed E-state index contributed by atoms with van der Waals surface area (Å²) in [5.74, 6) is -2.53. The first-order valence-electron chi connectivity index (χ1n) is 9.43. The molecule has 8 heteroatoms. The molecule has 1 N–H and O–H groups in total. The molecule has 2 unspecified atom stereocenters. The normalized spacial score (nSPS) is 11.3. The van der Waals surface area contributed by atoms with Gasteiger partial charge in [-0.2, -0.15) is 0 Å². The van der Waals surface area contributed by atoms with Crippen molar-refractivity contribution in [2.75, 3.05) is 20.0 Å². The van der Waals surface area contributed by atoms with Gasteiger partial charge in [0.15, 0.2) is 0 Å². The van der Waals surface area contributed by atoms with Gasteiger partial charge in [-0.3, -0.25) is 14.9 Å². The smallest absolute Gasteiger partial charge is 0.262 e. The molecule has 2 atom stereocenters. The molecule has 2 aromatic rings. The van der Waals surface area contributed by atoms with E-state index >= 15 is 0 Å². The van der Waals surface area contributed by atoms with Crippen LogP contribution in [0.2, 0.25) is 5.02 Å². The molecule has 0 aliphatic carbocycles. The molecule has 164 valence electrons. The number of carbonyl (C=O) groups is 2. The van der Waals surface area contributed by atoms with Gasteiger partial charge in [-0.1, -0.05) is 37.1 Å². The number of thioether (sulfide) groups is 1. The van der Waals surface area contributed by atoms with Crippen LogP contribution in [0, 0.1) is 18.7 Å². The summed E-state index contributed by atoms with van der Waals surface area (Å²) in [6, 6.07) is 10.4. The van der Waals surface area contributed by atoms with Crippen LogP contribution in [0.1, 0.15) is 35.7 Å². The highest BCUT2D eigenvalue weighted by Crippen LogP contribution is 2.19. The van der Waals surface area contributed by atoms with Crippen LogP contribution in [0.3, 0.4) is 0 Å². The first kappa shape index (κ1) is 26.6. The van der Waals surface area contributed by atoms with E-state index in [1.165, 1.54) is 35.0 Å². The molecule has 2 aromatic carbocycles. The summed E-state index contributed by atoms with van der Waals surface area (Å²) in [6.07, 6.45) is 3.45. The van der Waals surface area contributed by atoms with Crippen molar-refractivity contribution in [3.63, 3.8) is 0 Å². The lowest BCUT2D eigenvalue weighted by Crippen LogP contribution is -2.38. The number of benzene rings is 2. The standard InChI is InChI=1S/C14H17ClFNO3.C8H11PS/c1-3-5-9(8-20-2)13(18)17-14(19)12-10(15)6-4-7-11(12)16;1-6-3-4-7(10-2)5-8(6)9/h4,6-7,9H,3,5,8H2,1-2H3,(H,17,18,19);3-5H,9H2,1-2H3. The lowest BCUT2D eigenvalue weighted by Gasteiger charge is -2.14. The Morgan fingerprint density at radius 2 is 2.00 bits per heavy atom. The molecule has 30 heavy (non-hydrogen) atoms. The van der Waals surface area contributed by atoms with E-state index in [4.69, 9.17) is 16.3 Å². The number of ether oxygens (including phenoxy) is 1. The average molecular weight is 472 g/mol. The van der Waals surface area contributed by atoms with Crippen molar-refractivity contribution < 1.29 is 18.7 Å². The van der Waals surface area contributed by atoms with Crippen molar-refractivity contribution in [2.24, 2.45) is 5.92 Å². The third kappa shape index (κ3) is 8.35. The van der Waals surface area contributed by atoms with Gasteiger partial charge in [-0.15, -0.1) is 21.0 Å². The number of amides is 2. The predicted molar refractivity (Wildman–Crippen MR) is 126 cm³/mol. The molecule has 0 aliphatic heterocycles. The van der Waals surface area contributed by atoms with Crippen LogP contribution >= 0.6 is 32.6 Å². The van der Waals surface area contributed by atoms with Gasteiger partial charge in [-0.25, -0.2) is 4.39 Å². The molecule has 0 saturated heterocycles. The van der Waals surface area contributed by atoms with Crippen LogP contribution in [-0.4, -0.2) is 31.8 Å². The van der Waals surface area contributed by atoms with Crippen molar-refractivity contribution in [3.05, 3.63) is 58.4 Å². The SMILES string of the molecule is CCCC(COC)C(=O)NC(=O)c1c(F)cccc1Cl.CSc1ccc(C)c(P)c1. The van der Waals surface area contributed by atoms with E-state index in [0.717, 1.165) is 12.5 Å². The minimum atomic E-state index is -0.838. The molecule has 0 heterocycles. The largest absolute Gasteiger partial charge is 0.384 e. The Morgan fingerprint density at radius 1 is 1.30 bits per heavy atom. The number of hydrogen-bond donors (Lipinski definition) is 1. The summed E-state index contributed by atoms with van der Waals surface area (Å²) in [7, 11) is 4.21. The van der Waals surface area contributed by atoms with Crippen molar-refractivity contribution in [1.82, 2.24) is 5.32 Å². The highest BCUT2D eigenvalue weighted by atomic mass is 35.5. The fraction of sp³-hybridized carbons (Fsp3) is 0.364. The number of rotatable bonds is 7. The summed E-state index contributed by atoms with van der Waals surface area (Å²) < 4.78 is 18.5. The van der Waals surface area contributed by atoms with E-state index in [0.29, 0.717) is 6.42 Å². The predicted octanol–water partition coefficient (Wildman–Crippen LogP) is 5.02. The van der Waals surface area contributed by atoms with Gasteiger partial charge in [0.1, 0.15) is 5.82 Å². The maximum Gasteiger partial charge on any atom is 0.262 e. The van der Waals surface area contributed by atoms with Crippen LogP contribution < -0.4 is 10.6 Å². The number of nitrogens with one attached hydrogen (secondary N) is 1. The summed E-state index contributed by atoms with van der Waals surface area (Å²) in [5, 5.41) is 3.43. The Balaban J connectivity index is 0.000000375. The van der Waals surface area contributed by atoms with E-state index in [9.17, 15) is 14.0 Å². The number of hydrogen-bond acceptors (Lipinski definition) is 4. The highest BCUT2D eigenvalue weighted by Gasteiger charge is 2.23. The van der Waals surface area contributed by atoms with E-state index in [-0.39, 0.29) is 17.2 Å². The molecule has 2 amide bonds. The molecule has 0 radical (unpaired) electrons. The fourth-order valence-corrected chi connectivity index (χ4v) is 3.67. The number of aryl methyl sites for hydroxylation is 1. The zero-order valence-corrected chi connectivity index (χ0v) is 20.4. The van der Waals surface area contributed by atoms with Crippen molar-refractivity contribution in [3.8, 4) is 0 Å². The van der Waals surface area contributed by atoms with Gasteiger partial charge >= 0.3 is 0 Å². The molecule has 0 aliphatic rings. The topological polar surface area (TPSA) is 55.4 Å². The van der Waals surface area contributed by atoms with Crippen LogP contribution in [0.25, 0.3) is 0 Å². The minimum Gasteiger partial charge on any atom is -0.384 e. The molecule has 2 rings (SSSR count). The van der Waals surface area contributed by atoms with E-state index in [1.54, 1.807) is 11.8 Å². The third-order valence-corrected chi connectivity index (χ3v) is 5.95. The zero-order chi connectivity index (χ0) is 22.7. The average Bonchev–Trinajstić information content (AvgIpc) is 2.70. The number of halogens is 2. The lowest BCUT2D eigenvalue weighted by atomic mass is 10.0. The highest BCUT2D eigenvalue weighted by molar-refractivity contribution is 7.98. The van der Waals surface area contributed by atoms with E-state index < -0.39 is 23.5 Å². The Morgan fingerprint density at radius 3 is 2.53 bits per heavy atom. The van der Waals surface area contributed by atoms with Crippen LogP contribution in [0.15, 0.2) is 41.3 Å². The van der Waals surface area contributed by atoms with Crippen molar-refractivity contribution in [1.29, 1.82) is 0 Å². The molecular formula is C22H28ClFNO3PS. The molecule has 0 spiro atoms. The Hall–Kier alpha value is -1.46. The van der Waals surface area contributed by atoms with Crippen LogP contribution in [0.4, 0.5) is 4.39 Å². The summed E-state index contributed by atoms with van der Waals surface area (Å²) in [4.78, 5) is 25.2. The van der Waals surface area contributed by atoms with E-state index in [1.807, 2.05) is 6.92 Å². The first-order valence-corrected chi connectivity index (χ1v) is 11.6. The van der Waals surface area contributed by atoms with E-state index in [2.05, 4.69) is 45.9 Å². The summed E-state index contributed by atoms with van der Waals surface area (Å²) in [5.41, 5.74) is 1.01. The second kappa shape index (κ2) is 13.8.